The number of rotatable bonds is 24. The first-order valence-electron chi connectivity index (χ1n) is 11.7. The molecule has 0 aromatic rings. The summed E-state index contributed by atoms with van der Waals surface area (Å²) in [5.41, 5.74) is 5.51. The Balaban J connectivity index is 2.95. The maximum absolute atomic E-state index is 5.51. The zero-order chi connectivity index (χ0) is 19.7. The molecule has 5 heteroatoms. The van der Waals surface area contributed by atoms with Gasteiger partial charge in [-0.2, -0.15) is 0 Å². The molecule has 0 aliphatic heterocycles. The Morgan fingerprint density at radius 2 is 0.778 bits per heavy atom. The molecule has 164 valence electrons. The van der Waals surface area contributed by atoms with Crippen molar-refractivity contribution in [3.8, 4) is 0 Å². The zero-order valence-electron chi connectivity index (χ0n) is 17.9. The summed E-state index contributed by atoms with van der Waals surface area (Å²) >= 11 is 0. The fourth-order valence-electron chi connectivity index (χ4n) is 3.24. The molecule has 0 amide bonds. The third-order valence-corrected chi connectivity index (χ3v) is 7.58. The van der Waals surface area contributed by atoms with Crippen LogP contribution in [0.3, 0.4) is 0 Å². The molecule has 0 aliphatic rings. The van der Waals surface area contributed by atoms with Gasteiger partial charge in [-0.15, -0.1) is 0 Å². The van der Waals surface area contributed by atoms with Crippen LogP contribution in [-0.4, -0.2) is 24.7 Å². The minimum Gasteiger partial charge on any atom is -0.330 e. The van der Waals surface area contributed by atoms with Gasteiger partial charge in [-0.3, -0.25) is 0 Å². The monoisotopic (exact) mass is 420 g/mol. The van der Waals surface area contributed by atoms with Gasteiger partial charge in [0.2, 0.25) is 0 Å². The lowest BCUT2D eigenvalue weighted by atomic mass is 10.1. The van der Waals surface area contributed by atoms with E-state index < -0.39 is 0 Å². The van der Waals surface area contributed by atoms with Crippen LogP contribution in [0.4, 0.5) is 0 Å². The summed E-state index contributed by atoms with van der Waals surface area (Å²) in [4.78, 5) is 4.58. The maximum Gasteiger partial charge on any atom is 0.0679 e. The molecule has 27 heavy (non-hydrogen) atoms. The Kier molecular flexibility index (Phi) is 27.2. The van der Waals surface area contributed by atoms with E-state index in [0.717, 1.165) is 13.0 Å². The lowest BCUT2D eigenvalue weighted by Crippen LogP contribution is -2.00. The van der Waals surface area contributed by atoms with Gasteiger partial charge in [0.15, 0.2) is 0 Å². The number of unbranched alkanes of at least 4 members (excludes halogenated alkanes) is 16. The highest BCUT2D eigenvalue weighted by atomic mass is 33.1. The number of nitrogens with two attached hydrogens (primary N) is 2. The molecular weight excluding hydrogens is 372 g/mol. The Labute approximate surface area is 178 Å². The first-order valence-corrected chi connectivity index (χ1v) is 14.2. The molecule has 4 N–H and O–H groups in total. The highest BCUT2D eigenvalue weighted by Crippen LogP contribution is 2.25. The summed E-state index contributed by atoms with van der Waals surface area (Å²) in [6.07, 6.45) is 24.6. The first kappa shape index (κ1) is 27.6. The molecule has 0 aromatic carbocycles. The van der Waals surface area contributed by atoms with Gasteiger partial charge in [-0.05, 0) is 32.2 Å². The van der Waals surface area contributed by atoms with Crippen LogP contribution in [0.15, 0.2) is 0 Å². The van der Waals surface area contributed by atoms with Crippen LogP contribution in [0.1, 0.15) is 116 Å². The molecule has 0 saturated carbocycles. The smallest absolute Gasteiger partial charge is 0.0679 e. The second-order valence-corrected chi connectivity index (χ2v) is 10.4. The molecule has 3 nitrogen and oxygen atoms in total. The standard InChI is InChI=1S/C22H48N2OS2/c23-19-15-11-7-3-1-5-9-13-17-21-26-27-22-18-14-10-6-2-4-8-12-16-20-25-24/h1-24H2. The van der Waals surface area contributed by atoms with Crippen LogP contribution in [0.2, 0.25) is 0 Å². The first-order chi connectivity index (χ1) is 13.4. The largest absolute Gasteiger partial charge is 0.330 e. The topological polar surface area (TPSA) is 61.3 Å². The van der Waals surface area contributed by atoms with Gasteiger partial charge in [-0.1, -0.05) is 111 Å². The summed E-state index contributed by atoms with van der Waals surface area (Å²) in [5.74, 6) is 7.70. The highest BCUT2D eigenvalue weighted by molar-refractivity contribution is 8.76. The summed E-state index contributed by atoms with van der Waals surface area (Å²) in [5, 5.41) is 0. The molecule has 0 aliphatic carbocycles. The third kappa shape index (κ3) is 26.6. The summed E-state index contributed by atoms with van der Waals surface area (Å²) < 4.78 is 0. The predicted octanol–water partition coefficient (Wildman–Crippen LogP) is 7.24. The predicted molar refractivity (Wildman–Crippen MR) is 127 cm³/mol. The van der Waals surface area contributed by atoms with E-state index in [1.807, 2.05) is 0 Å². The molecule has 0 radical (unpaired) electrons. The molecule has 0 atom stereocenters. The normalized spacial score (nSPS) is 11.3. The van der Waals surface area contributed by atoms with Gasteiger partial charge < -0.3 is 10.6 Å². The Hall–Kier alpha value is 0.580. The molecule has 0 bridgehead atoms. The van der Waals surface area contributed by atoms with Crippen LogP contribution >= 0.6 is 21.6 Å². The Bertz CT molecular complexity index is 234. The van der Waals surface area contributed by atoms with Crippen molar-refractivity contribution in [3.63, 3.8) is 0 Å². The van der Waals surface area contributed by atoms with E-state index in [-0.39, 0.29) is 0 Å². The van der Waals surface area contributed by atoms with Crippen molar-refractivity contribution in [3.05, 3.63) is 0 Å². The summed E-state index contributed by atoms with van der Waals surface area (Å²) in [6.45, 7) is 1.58. The van der Waals surface area contributed by atoms with E-state index >= 15 is 0 Å². The average Bonchev–Trinajstić information content (AvgIpc) is 2.68. The van der Waals surface area contributed by atoms with Crippen LogP contribution in [0.25, 0.3) is 0 Å². The van der Waals surface area contributed by atoms with Crippen molar-refractivity contribution in [1.29, 1.82) is 0 Å². The van der Waals surface area contributed by atoms with Crippen LogP contribution < -0.4 is 11.6 Å². The van der Waals surface area contributed by atoms with Crippen molar-refractivity contribution in [2.75, 3.05) is 24.7 Å². The molecule has 0 fully saturated rings. The van der Waals surface area contributed by atoms with Gasteiger partial charge in [-0.25, -0.2) is 5.90 Å². The Morgan fingerprint density at radius 1 is 0.444 bits per heavy atom. The fourth-order valence-corrected chi connectivity index (χ4v) is 5.54. The lowest BCUT2D eigenvalue weighted by Gasteiger charge is -2.04. The van der Waals surface area contributed by atoms with Crippen molar-refractivity contribution in [1.82, 2.24) is 0 Å². The summed E-state index contributed by atoms with van der Waals surface area (Å²) in [7, 11) is 4.19. The van der Waals surface area contributed by atoms with Crippen molar-refractivity contribution in [2.45, 2.75) is 116 Å². The molecule has 0 aromatic heterocycles. The number of hydrogen-bond acceptors (Lipinski definition) is 5. The maximum atomic E-state index is 5.51. The average molecular weight is 421 g/mol. The van der Waals surface area contributed by atoms with Crippen molar-refractivity contribution >= 4 is 21.6 Å². The van der Waals surface area contributed by atoms with Gasteiger partial charge in [0, 0.05) is 11.5 Å². The second kappa shape index (κ2) is 26.6. The second-order valence-electron chi connectivity index (χ2n) is 7.67. The SMILES string of the molecule is NCCCCCCCCCCCSSCCCCCCCCCCCON. The summed E-state index contributed by atoms with van der Waals surface area (Å²) in [6, 6.07) is 0. The minimum absolute atomic E-state index is 0.714. The minimum atomic E-state index is 0.714. The van der Waals surface area contributed by atoms with E-state index in [1.54, 1.807) is 0 Å². The van der Waals surface area contributed by atoms with E-state index in [2.05, 4.69) is 26.4 Å². The molecule has 0 unspecified atom stereocenters. The van der Waals surface area contributed by atoms with Gasteiger partial charge in [0.05, 0.1) is 6.61 Å². The molecule has 0 spiro atoms. The molecule has 0 heterocycles. The lowest BCUT2D eigenvalue weighted by molar-refractivity contribution is 0.133. The fraction of sp³-hybridized carbons (Fsp3) is 1.00. The van der Waals surface area contributed by atoms with E-state index in [9.17, 15) is 0 Å². The van der Waals surface area contributed by atoms with Gasteiger partial charge in [0.1, 0.15) is 0 Å². The van der Waals surface area contributed by atoms with E-state index in [0.29, 0.717) is 6.61 Å². The quantitative estimate of drug-likeness (QED) is 0.0978. The molecule has 0 rings (SSSR count). The zero-order valence-corrected chi connectivity index (χ0v) is 19.6. The van der Waals surface area contributed by atoms with Gasteiger partial charge in [0.25, 0.3) is 0 Å². The van der Waals surface area contributed by atoms with Crippen molar-refractivity contribution in [2.24, 2.45) is 11.6 Å². The van der Waals surface area contributed by atoms with Crippen LogP contribution in [0, 0.1) is 0 Å². The van der Waals surface area contributed by atoms with Gasteiger partial charge >= 0.3 is 0 Å². The van der Waals surface area contributed by atoms with Crippen LogP contribution in [0.5, 0.6) is 0 Å². The van der Waals surface area contributed by atoms with E-state index in [1.165, 1.54) is 121 Å². The van der Waals surface area contributed by atoms with Crippen molar-refractivity contribution < 1.29 is 4.84 Å². The van der Waals surface area contributed by atoms with Crippen LogP contribution in [-0.2, 0) is 4.84 Å². The highest BCUT2D eigenvalue weighted by Gasteiger charge is 1.96. The number of hydrogen-bond donors (Lipinski definition) is 2. The Morgan fingerprint density at radius 3 is 1.15 bits per heavy atom. The molecule has 0 saturated heterocycles. The molecular formula is C22H48N2OS2. The third-order valence-electron chi connectivity index (χ3n) is 5.00. The van der Waals surface area contributed by atoms with E-state index in [4.69, 9.17) is 11.6 Å².